The van der Waals surface area contributed by atoms with Gasteiger partial charge in [0.2, 0.25) is 0 Å². The van der Waals surface area contributed by atoms with Gasteiger partial charge in [-0.3, -0.25) is 14.9 Å². The molecule has 0 fully saturated rings. The van der Waals surface area contributed by atoms with Crippen LogP contribution in [0, 0.1) is 22.9 Å². The lowest BCUT2D eigenvalue weighted by Crippen LogP contribution is -2.13. The Kier molecular flexibility index (Phi) is 4.32. The summed E-state index contributed by atoms with van der Waals surface area (Å²) in [5, 5.41) is 13.4. The van der Waals surface area contributed by atoms with Gasteiger partial charge < -0.3 is 5.32 Å². The van der Waals surface area contributed by atoms with Crippen molar-refractivity contribution in [3.05, 3.63) is 67.9 Å². The van der Waals surface area contributed by atoms with Gasteiger partial charge in [-0.25, -0.2) is 4.39 Å². The maximum atomic E-state index is 13.4. The Bertz CT molecular complexity index is 734. The summed E-state index contributed by atoms with van der Waals surface area (Å²) in [6.07, 6.45) is 0. The number of nitro groups is 1. The number of aryl methyl sites for hydroxylation is 1. The van der Waals surface area contributed by atoms with Crippen LogP contribution in [0.15, 0.2) is 40.9 Å². The monoisotopic (exact) mass is 352 g/mol. The Morgan fingerprint density at radius 2 is 2.00 bits per heavy atom. The van der Waals surface area contributed by atoms with Crippen molar-refractivity contribution in [3.63, 3.8) is 0 Å². The number of carbonyl (C=O) groups excluding carboxylic acids is 1. The molecule has 21 heavy (non-hydrogen) atoms. The van der Waals surface area contributed by atoms with Crippen LogP contribution in [0.25, 0.3) is 0 Å². The van der Waals surface area contributed by atoms with E-state index in [1.807, 2.05) is 0 Å². The van der Waals surface area contributed by atoms with Crippen molar-refractivity contribution < 1.29 is 14.1 Å². The first-order chi connectivity index (χ1) is 9.88. The van der Waals surface area contributed by atoms with Gasteiger partial charge >= 0.3 is 0 Å². The van der Waals surface area contributed by atoms with Crippen LogP contribution in [-0.2, 0) is 0 Å². The van der Waals surface area contributed by atoms with E-state index in [9.17, 15) is 19.3 Å². The molecule has 0 aliphatic heterocycles. The second-order valence-electron chi connectivity index (χ2n) is 4.36. The van der Waals surface area contributed by atoms with Gasteiger partial charge in [0.15, 0.2) is 0 Å². The maximum absolute atomic E-state index is 13.4. The Hall–Kier alpha value is -2.28. The number of hydrogen-bond acceptors (Lipinski definition) is 3. The maximum Gasteiger partial charge on any atom is 0.293 e. The van der Waals surface area contributed by atoms with Crippen molar-refractivity contribution in [1.82, 2.24) is 0 Å². The number of rotatable bonds is 3. The first kappa shape index (κ1) is 15.1. The molecule has 108 valence electrons. The minimum absolute atomic E-state index is 0.0685. The number of nitrogens with zero attached hydrogens (tertiary/aromatic N) is 1. The highest BCUT2D eigenvalue weighted by atomic mass is 79.9. The summed E-state index contributed by atoms with van der Waals surface area (Å²) in [4.78, 5) is 22.4. The molecule has 0 spiro atoms. The van der Waals surface area contributed by atoms with Crippen LogP contribution in [-0.4, -0.2) is 10.8 Å². The number of anilines is 1. The third-order valence-corrected chi connectivity index (χ3v) is 3.42. The molecule has 0 aliphatic rings. The van der Waals surface area contributed by atoms with Crippen LogP contribution in [0.4, 0.5) is 15.8 Å². The molecular formula is C14H10BrFN2O3. The first-order valence-electron chi connectivity index (χ1n) is 5.90. The van der Waals surface area contributed by atoms with E-state index in [0.717, 1.165) is 6.07 Å². The average molecular weight is 353 g/mol. The largest absolute Gasteiger partial charge is 0.316 e. The normalized spacial score (nSPS) is 10.2. The molecule has 0 saturated carbocycles. The van der Waals surface area contributed by atoms with Gasteiger partial charge in [0, 0.05) is 11.6 Å². The van der Waals surface area contributed by atoms with Crippen LogP contribution in [0.2, 0.25) is 0 Å². The molecule has 5 nitrogen and oxygen atoms in total. The molecule has 0 radical (unpaired) electrons. The van der Waals surface area contributed by atoms with Gasteiger partial charge in [0.25, 0.3) is 11.6 Å². The van der Waals surface area contributed by atoms with Gasteiger partial charge in [-0.05, 0) is 52.7 Å². The Labute approximate surface area is 128 Å². The zero-order valence-corrected chi connectivity index (χ0v) is 12.5. The average Bonchev–Trinajstić information content (AvgIpc) is 2.43. The van der Waals surface area contributed by atoms with E-state index in [4.69, 9.17) is 0 Å². The summed E-state index contributed by atoms with van der Waals surface area (Å²) in [6.45, 7) is 1.71. The van der Waals surface area contributed by atoms with Crippen molar-refractivity contribution in [3.8, 4) is 0 Å². The van der Waals surface area contributed by atoms with Crippen LogP contribution >= 0.6 is 15.9 Å². The molecule has 0 saturated heterocycles. The SMILES string of the molecule is Cc1ccc(NC(=O)c2ccc(Br)c(F)c2)c([N+](=O)[O-])c1. The number of carbonyl (C=O) groups is 1. The van der Waals surface area contributed by atoms with Crippen molar-refractivity contribution in [2.45, 2.75) is 6.92 Å². The molecule has 0 bridgehead atoms. The molecule has 2 rings (SSSR count). The molecule has 0 atom stereocenters. The molecule has 0 aromatic heterocycles. The number of nitro benzene ring substituents is 1. The summed E-state index contributed by atoms with van der Waals surface area (Å²) in [5.74, 6) is -1.20. The van der Waals surface area contributed by atoms with Crippen molar-refractivity contribution in [1.29, 1.82) is 0 Å². The Morgan fingerprint density at radius 1 is 1.29 bits per heavy atom. The standard InChI is InChI=1S/C14H10BrFN2O3/c1-8-2-5-12(13(6-8)18(20)21)17-14(19)9-3-4-10(15)11(16)7-9/h2-7H,1H3,(H,17,19). The van der Waals surface area contributed by atoms with Gasteiger partial charge in [-0.2, -0.15) is 0 Å². The highest BCUT2D eigenvalue weighted by molar-refractivity contribution is 9.10. The van der Waals surface area contributed by atoms with E-state index >= 15 is 0 Å². The molecule has 2 aromatic rings. The lowest BCUT2D eigenvalue weighted by Gasteiger charge is -2.07. The Morgan fingerprint density at radius 3 is 2.62 bits per heavy atom. The highest BCUT2D eigenvalue weighted by Gasteiger charge is 2.17. The zero-order chi connectivity index (χ0) is 15.6. The molecule has 0 heterocycles. The van der Waals surface area contributed by atoms with E-state index in [2.05, 4.69) is 21.2 Å². The summed E-state index contributed by atoms with van der Waals surface area (Å²) >= 11 is 2.99. The number of benzene rings is 2. The van der Waals surface area contributed by atoms with Crippen LogP contribution in [0.3, 0.4) is 0 Å². The minimum atomic E-state index is -0.617. The van der Waals surface area contributed by atoms with Gasteiger partial charge in [0.1, 0.15) is 11.5 Å². The quantitative estimate of drug-likeness (QED) is 0.668. The van der Waals surface area contributed by atoms with E-state index in [-0.39, 0.29) is 21.4 Å². The lowest BCUT2D eigenvalue weighted by molar-refractivity contribution is -0.384. The van der Waals surface area contributed by atoms with E-state index in [1.165, 1.54) is 24.3 Å². The van der Waals surface area contributed by atoms with Crippen molar-refractivity contribution in [2.75, 3.05) is 5.32 Å². The number of hydrogen-bond donors (Lipinski definition) is 1. The van der Waals surface area contributed by atoms with Gasteiger partial charge in [0.05, 0.1) is 9.40 Å². The fourth-order valence-electron chi connectivity index (χ4n) is 1.73. The fourth-order valence-corrected chi connectivity index (χ4v) is 1.98. The van der Waals surface area contributed by atoms with Crippen molar-refractivity contribution in [2.24, 2.45) is 0 Å². The predicted molar refractivity (Wildman–Crippen MR) is 79.9 cm³/mol. The Balaban J connectivity index is 2.31. The minimum Gasteiger partial charge on any atom is -0.316 e. The summed E-state index contributed by atoms with van der Waals surface area (Å²) in [6, 6.07) is 8.32. The van der Waals surface area contributed by atoms with E-state index in [1.54, 1.807) is 13.0 Å². The summed E-state index contributed by atoms with van der Waals surface area (Å²) < 4.78 is 13.6. The topological polar surface area (TPSA) is 72.2 Å². The highest BCUT2D eigenvalue weighted by Crippen LogP contribution is 2.26. The lowest BCUT2D eigenvalue weighted by atomic mass is 10.1. The molecule has 0 aliphatic carbocycles. The number of nitrogens with one attached hydrogen (secondary N) is 1. The summed E-state index contributed by atoms with van der Waals surface area (Å²) in [5.41, 5.74) is 0.639. The first-order valence-corrected chi connectivity index (χ1v) is 6.69. The van der Waals surface area contributed by atoms with Gasteiger partial charge in [-0.15, -0.1) is 0 Å². The zero-order valence-electron chi connectivity index (χ0n) is 10.9. The molecule has 2 aromatic carbocycles. The predicted octanol–water partition coefficient (Wildman–Crippen LogP) is 4.06. The summed E-state index contributed by atoms with van der Waals surface area (Å²) in [7, 11) is 0. The molecule has 1 N–H and O–H groups in total. The van der Waals surface area contributed by atoms with Crippen molar-refractivity contribution >= 4 is 33.2 Å². The number of halogens is 2. The second kappa shape index (κ2) is 6.01. The molecule has 7 heteroatoms. The third-order valence-electron chi connectivity index (χ3n) is 2.78. The van der Waals surface area contributed by atoms with Gasteiger partial charge in [-0.1, -0.05) is 6.07 Å². The number of amides is 1. The molecule has 0 unspecified atom stereocenters. The van der Waals surface area contributed by atoms with E-state index < -0.39 is 16.6 Å². The smallest absolute Gasteiger partial charge is 0.293 e. The molecular weight excluding hydrogens is 343 g/mol. The fraction of sp³-hybridized carbons (Fsp3) is 0.0714. The van der Waals surface area contributed by atoms with Crippen LogP contribution < -0.4 is 5.32 Å². The van der Waals surface area contributed by atoms with Crippen LogP contribution in [0.1, 0.15) is 15.9 Å². The molecule has 1 amide bonds. The van der Waals surface area contributed by atoms with Crippen LogP contribution in [0.5, 0.6) is 0 Å². The second-order valence-corrected chi connectivity index (χ2v) is 5.22. The third kappa shape index (κ3) is 3.43. The van der Waals surface area contributed by atoms with E-state index in [0.29, 0.717) is 5.56 Å².